The molecule has 28 heavy (non-hydrogen) atoms. The minimum atomic E-state index is 0.0737. The quantitative estimate of drug-likeness (QED) is 0.795. The molecule has 0 bridgehead atoms. The van der Waals surface area contributed by atoms with Gasteiger partial charge in [-0.2, -0.15) is 4.80 Å². The predicted octanol–water partition coefficient (Wildman–Crippen LogP) is 2.73. The lowest BCUT2D eigenvalue weighted by Crippen LogP contribution is -2.48. The highest BCUT2D eigenvalue weighted by Crippen LogP contribution is 2.23. The third kappa shape index (κ3) is 4.24. The Hall–Kier alpha value is -2.28. The molecule has 0 spiro atoms. The molecule has 0 N–H and O–H groups in total. The third-order valence-corrected chi connectivity index (χ3v) is 6.03. The summed E-state index contributed by atoms with van der Waals surface area (Å²) in [5, 5.41) is 12.7. The molecule has 2 unspecified atom stereocenters. The Morgan fingerprint density at radius 1 is 1.04 bits per heavy atom. The van der Waals surface area contributed by atoms with E-state index in [1.54, 1.807) is 0 Å². The number of tetrazole rings is 1. The number of carbonyl (C=O) groups excluding carboxylic acids is 1. The van der Waals surface area contributed by atoms with E-state index in [2.05, 4.69) is 46.3 Å². The van der Waals surface area contributed by atoms with Gasteiger partial charge in [0, 0.05) is 24.2 Å². The van der Waals surface area contributed by atoms with Crippen LogP contribution in [0.4, 0.5) is 0 Å². The highest BCUT2D eigenvalue weighted by Gasteiger charge is 2.29. The van der Waals surface area contributed by atoms with Crippen molar-refractivity contribution in [3.63, 3.8) is 0 Å². The van der Waals surface area contributed by atoms with Gasteiger partial charge >= 0.3 is 0 Å². The molecule has 0 radical (unpaired) electrons. The molecule has 1 aromatic carbocycles. The molecular weight excluding hydrogens is 352 g/mol. The largest absolute Gasteiger partial charge is 0.336 e. The Kier molecular flexibility index (Phi) is 5.71. The van der Waals surface area contributed by atoms with Crippen molar-refractivity contribution in [1.82, 2.24) is 30.0 Å². The van der Waals surface area contributed by atoms with Crippen LogP contribution in [0.25, 0.3) is 11.4 Å². The topological polar surface area (TPSA) is 67.2 Å². The first kappa shape index (κ1) is 19.1. The standard InChI is InChI=1S/C21H30N6O/c1-16-6-5-7-17(2)27(16)20(28)15-26-23-21(22-24-26)19-10-8-18(9-11-19)14-25-12-3-4-13-25/h8-11,16-17H,3-7,12-15H2,1-2H3. The fourth-order valence-corrected chi connectivity index (χ4v) is 4.50. The number of carbonyl (C=O) groups is 1. The second kappa shape index (κ2) is 8.39. The van der Waals surface area contributed by atoms with Crippen LogP contribution in [-0.4, -0.2) is 61.1 Å². The molecule has 2 aliphatic rings. The molecular formula is C21H30N6O. The summed E-state index contributed by atoms with van der Waals surface area (Å²) in [4.78, 5) is 18.6. The molecule has 150 valence electrons. The minimum absolute atomic E-state index is 0.0737. The van der Waals surface area contributed by atoms with Gasteiger partial charge in [0.25, 0.3) is 0 Å². The van der Waals surface area contributed by atoms with Gasteiger partial charge in [0.1, 0.15) is 6.54 Å². The number of nitrogens with zero attached hydrogens (tertiary/aromatic N) is 6. The molecule has 7 nitrogen and oxygen atoms in total. The van der Waals surface area contributed by atoms with Crippen LogP contribution in [-0.2, 0) is 17.9 Å². The molecule has 0 aliphatic carbocycles. The van der Waals surface area contributed by atoms with Crippen LogP contribution in [0.15, 0.2) is 24.3 Å². The van der Waals surface area contributed by atoms with E-state index < -0.39 is 0 Å². The Bertz CT molecular complexity index is 785. The molecule has 2 fully saturated rings. The number of aromatic nitrogens is 4. The third-order valence-electron chi connectivity index (χ3n) is 6.03. The fourth-order valence-electron chi connectivity index (χ4n) is 4.50. The van der Waals surface area contributed by atoms with E-state index in [4.69, 9.17) is 0 Å². The van der Waals surface area contributed by atoms with E-state index in [9.17, 15) is 4.79 Å². The lowest BCUT2D eigenvalue weighted by Gasteiger charge is -2.38. The maximum atomic E-state index is 12.7. The molecule has 1 amide bonds. The van der Waals surface area contributed by atoms with Crippen molar-refractivity contribution < 1.29 is 4.79 Å². The van der Waals surface area contributed by atoms with Crippen LogP contribution in [0.2, 0.25) is 0 Å². The molecule has 4 rings (SSSR count). The lowest BCUT2D eigenvalue weighted by atomic mass is 9.97. The van der Waals surface area contributed by atoms with Crippen LogP contribution in [0.5, 0.6) is 0 Å². The number of amides is 1. The maximum Gasteiger partial charge on any atom is 0.246 e. The van der Waals surface area contributed by atoms with Gasteiger partial charge in [-0.3, -0.25) is 9.69 Å². The molecule has 3 heterocycles. The van der Waals surface area contributed by atoms with E-state index in [0.29, 0.717) is 5.82 Å². The summed E-state index contributed by atoms with van der Waals surface area (Å²) in [5.74, 6) is 0.643. The van der Waals surface area contributed by atoms with E-state index in [1.165, 1.54) is 42.7 Å². The second-order valence-electron chi connectivity index (χ2n) is 8.25. The second-order valence-corrected chi connectivity index (χ2v) is 8.25. The number of piperidine rings is 1. The van der Waals surface area contributed by atoms with E-state index >= 15 is 0 Å². The summed E-state index contributed by atoms with van der Waals surface area (Å²) in [6.45, 7) is 7.78. The van der Waals surface area contributed by atoms with Crippen LogP contribution >= 0.6 is 0 Å². The zero-order chi connectivity index (χ0) is 19.5. The Labute approximate surface area is 166 Å². The van der Waals surface area contributed by atoms with Crippen LogP contribution in [0.3, 0.4) is 0 Å². The highest BCUT2D eigenvalue weighted by molar-refractivity contribution is 5.76. The van der Waals surface area contributed by atoms with Crippen LogP contribution < -0.4 is 0 Å². The summed E-state index contributed by atoms with van der Waals surface area (Å²) in [7, 11) is 0. The average Bonchev–Trinajstić information content (AvgIpc) is 3.34. The van der Waals surface area contributed by atoms with Crippen molar-refractivity contribution in [2.45, 2.75) is 71.1 Å². The van der Waals surface area contributed by atoms with Gasteiger partial charge < -0.3 is 4.90 Å². The van der Waals surface area contributed by atoms with Crippen LogP contribution in [0.1, 0.15) is 51.5 Å². The fraction of sp³-hybridized carbons (Fsp3) is 0.619. The molecule has 2 aromatic rings. The highest BCUT2D eigenvalue weighted by atomic mass is 16.2. The zero-order valence-electron chi connectivity index (χ0n) is 16.9. The Morgan fingerprint density at radius 3 is 2.39 bits per heavy atom. The summed E-state index contributed by atoms with van der Waals surface area (Å²) >= 11 is 0. The van der Waals surface area contributed by atoms with Gasteiger partial charge in [-0.1, -0.05) is 24.3 Å². The summed E-state index contributed by atoms with van der Waals surface area (Å²) in [6.07, 6.45) is 5.93. The SMILES string of the molecule is CC1CCCC(C)N1C(=O)Cn1nnc(-c2ccc(CN3CCCC3)cc2)n1. The van der Waals surface area contributed by atoms with E-state index in [1.807, 2.05) is 17.0 Å². The van der Waals surface area contributed by atoms with Gasteiger partial charge in [0.05, 0.1) is 0 Å². The van der Waals surface area contributed by atoms with Gasteiger partial charge in [-0.15, -0.1) is 10.2 Å². The van der Waals surface area contributed by atoms with Gasteiger partial charge in [0.2, 0.25) is 11.7 Å². The van der Waals surface area contributed by atoms with Crippen molar-refractivity contribution in [2.75, 3.05) is 13.1 Å². The van der Waals surface area contributed by atoms with Crippen molar-refractivity contribution >= 4 is 5.91 Å². The molecule has 2 saturated heterocycles. The summed E-state index contributed by atoms with van der Waals surface area (Å²) in [5.41, 5.74) is 2.24. The molecule has 2 aliphatic heterocycles. The number of likely N-dealkylation sites (tertiary alicyclic amines) is 2. The summed E-state index contributed by atoms with van der Waals surface area (Å²) < 4.78 is 0. The number of benzene rings is 1. The average molecular weight is 383 g/mol. The maximum absolute atomic E-state index is 12.7. The van der Waals surface area contributed by atoms with Crippen molar-refractivity contribution in [1.29, 1.82) is 0 Å². The first-order chi connectivity index (χ1) is 13.6. The first-order valence-corrected chi connectivity index (χ1v) is 10.5. The van der Waals surface area contributed by atoms with Crippen molar-refractivity contribution in [2.24, 2.45) is 0 Å². The normalized spacial score (nSPS) is 23.3. The molecule has 2 atom stereocenters. The van der Waals surface area contributed by atoms with Gasteiger partial charge in [-0.05, 0) is 69.8 Å². The first-order valence-electron chi connectivity index (χ1n) is 10.5. The lowest BCUT2D eigenvalue weighted by molar-refractivity contribution is -0.138. The van der Waals surface area contributed by atoms with Crippen molar-refractivity contribution in [3.05, 3.63) is 29.8 Å². The number of hydrogen-bond donors (Lipinski definition) is 0. The Morgan fingerprint density at radius 2 is 1.71 bits per heavy atom. The monoisotopic (exact) mass is 382 g/mol. The van der Waals surface area contributed by atoms with E-state index in [-0.39, 0.29) is 24.5 Å². The zero-order valence-corrected chi connectivity index (χ0v) is 16.9. The number of rotatable bonds is 5. The number of hydrogen-bond acceptors (Lipinski definition) is 5. The van der Waals surface area contributed by atoms with Crippen LogP contribution in [0, 0.1) is 0 Å². The van der Waals surface area contributed by atoms with Gasteiger partial charge in [-0.25, -0.2) is 0 Å². The Balaban J connectivity index is 1.39. The molecule has 0 saturated carbocycles. The van der Waals surface area contributed by atoms with E-state index in [0.717, 1.165) is 24.9 Å². The van der Waals surface area contributed by atoms with Crippen molar-refractivity contribution in [3.8, 4) is 11.4 Å². The minimum Gasteiger partial charge on any atom is -0.336 e. The molecule has 1 aromatic heterocycles. The summed E-state index contributed by atoms with van der Waals surface area (Å²) in [6, 6.07) is 8.92. The smallest absolute Gasteiger partial charge is 0.246 e. The molecule has 7 heteroatoms. The predicted molar refractivity (Wildman–Crippen MR) is 107 cm³/mol. The van der Waals surface area contributed by atoms with Gasteiger partial charge in [0.15, 0.2) is 0 Å².